The van der Waals surface area contributed by atoms with Crippen LogP contribution in [0.4, 0.5) is 0 Å². The van der Waals surface area contributed by atoms with Crippen molar-refractivity contribution < 1.29 is 0 Å². The van der Waals surface area contributed by atoms with Gasteiger partial charge in [-0.05, 0) is 19.4 Å². The van der Waals surface area contributed by atoms with Crippen molar-refractivity contribution in [1.29, 1.82) is 0 Å². The summed E-state index contributed by atoms with van der Waals surface area (Å²) in [5, 5.41) is 0. The first kappa shape index (κ1) is 13.4. The average molecular weight is 280 g/mol. The first-order valence-corrected chi connectivity index (χ1v) is 7.71. The SMILES string of the molecule is CCn1c(C)c(SS)c(=O)n1Cc1ccccc1. The molecule has 1 aromatic heterocycles. The zero-order valence-electron chi connectivity index (χ0n) is 10.5. The summed E-state index contributed by atoms with van der Waals surface area (Å²) in [6, 6.07) is 10.0. The lowest BCUT2D eigenvalue weighted by Crippen LogP contribution is -2.23. The van der Waals surface area contributed by atoms with Gasteiger partial charge in [-0.1, -0.05) is 41.1 Å². The summed E-state index contributed by atoms with van der Waals surface area (Å²) < 4.78 is 3.79. The molecule has 0 unspecified atom stereocenters. The third-order valence-electron chi connectivity index (χ3n) is 3.00. The van der Waals surface area contributed by atoms with Crippen molar-refractivity contribution in [3.8, 4) is 0 Å². The van der Waals surface area contributed by atoms with Crippen LogP contribution in [0, 0.1) is 6.92 Å². The third kappa shape index (κ3) is 2.37. The molecule has 3 nitrogen and oxygen atoms in total. The third-order valence-corrected chi connectivity index (χ3v) is 4.20. The van der Waals surface area contributed by atoms with Crippen LogP contribution in [0.3, 0.4) is 0 Å². The monoisotopic (exact) mass is 280 g/mol. The first-order valence-electron chi connectivity index (χ1n) is 5.84. The van der Waals surface area contributed by atoms with E-state index < -0.39 is 0 Å². The summed E-state index contributed by atoms with van der Waals surface area (Å²) in [6.45, 7) is 5.39. The molecule has 0 amide bonds. The molecule has 0 bridgehead atoms. The Labute approximate surface area is 116 Å². The van der Waals surface area contributed by atoms with Crippen LogP contribution in [-0.4, -0.2) is 9.36 Å². The summed E-state index contributed by atoms with van der Waals surface area (Å²) in [4.78, 5) is 13.0. The molecule has 0 fully saturated rings. The van der Waals surface area contributed by atoms with E-state index in [0.29, 0.717) is 6.54 Å². The second-order valence-corrected chi connectivity index (χ2v) is 5.21. The Bertz CT molecular complexity index is 587. The van der Waals surface area contributed by atoms with E-state index in [9.17, 15) is 4.79 Å². The average Bonchev–Trinajstić information content (AvgIpc) is 2.62. The van der Waals surface area contributed by atoms with E-state index in [4.69, 9.17) is 0 Å². The molecular formula is C13H16N2OS2. The van der Waals surface area contributed by atoms with E-state index >= 15 is 0 Å². The number of benzene rings is 1. The van der Waals surface area contributed by atoms with Gasteiger partial charge in [0.1, 0.15) is 4.90 Å². The van der Waals surface area contributed by atoms with Crippen molar-refractivity contribution in [3.63, 3.8) is 0 Å². The van der Waals surface area contributed by atoms with Crippen LogP contribution in [0.1, 0.15) is 18.2 Å². The Morgan fingerprint density at radius 2 is 1.89 bits per heavy atom. The van der Waals surface area contributed by atoms with Crippen molar-refractivity contribution in [2.24, 2.45) is 0 Å². The maximum Gasteiger partial charge on any atom is 0.281 e. The molecule has 0 saturated heterocycles. The molecule has 0 radical (unpaired) electrons. The standard InChI is InChI=1S/C13H16N2OS2/c1-3-14-10(2)12(18-17)13(16)15(14)9-11-7-5-4-6-8-11/h4-8,17H,3,9H2,1-2H3. The number of hydrogen-bond donors (Lipinski definition) is 1. The zero-order valence-corrected chi connectivity index (χ0v) is 12.2. The lowest BCUT2D eigenvalue weighted by atomic mass is 10.2. The van der Waals surface area contributed by atoms with Crippen LogP contribution in [-0.2, 0) is 13.1 Å². The molecule has 0 aliphatic heterocycles. The Morgan fingerprint density at radius 3 is 2.44 bits per heavy atom. The van der Waals surface area contributed by atoms with Gasteiger partial charge in [0, 0.05) is 6.54 Å². The van der Waals surface area contributed by atoms with Crippen molar-refractivity contribution in [3.05, 3.63) is 51.9 Å². The molecule has 0 saturated carbocycles. The van der Waals surface area contributed by atoms with Crippen molar-refractivity contribution >= 4 is 22.5 Å². The van der Waals surface area contributed by atoms with E-state index in [0.717, 1.165) is 22.7 Å². The predicted molar refractivity (Wildman–Crippen MR) is 79.5 cm³/mol. The van der Waals surface area contributed by atoms with Crippen LogP contribution < -0.4 is 5.56 Å². The second-order valence-electron chi connectivity index (χ2n) is 4.07. The summed E-state index contributed by atoms with van der Waals surface area (Å²) in [6.07, 6.45) is 0. The van der Waals surface area contributed by atoms with E-state index in [2.05, 4.69) is 11.7 Å². The number of nitrogens with zero attached hydrogens (tertiary/aromatic N) is 2. The van der Waals surface area contributed by atoms with Gasteiger partial charge in [0.05, 0.1) is 12.2 Å². The highest BCUT2D eigenvalue weighted by molar-refractivity contribution is 8.68. The molecular weight excluding hydrogens is 264 g/mol. The molecule has 0 aliphatic carbocycles. The molecule has 0 atom stereocenters. The molecule has 2 aromatic rings. The van der Waals surface area contributed by atoms with E-state index in [-0.39, 0.29) is 5.56 Å². The maximum absolute atomic E-state index is 12.3. The normalized spacial score (nSPS) is 10.8. The molecule has 5 heteroatoms. The molecule has 96 valence electrons. The fourth-order valence-corrected chi connectivity index (χ4v) is 3.16. The van der Waals surface area contributed by atoms with Gasteiger partial charge in [-0.25, -0.2) is 4.68 Å². The van der Waals surface area contributed by atoms with Crippen LogP contribution in [0.2, 0.25) is 0 Å². The summed E-state index contributed by atoms with van der Waals surface area (Å²) >= 11 is 4.17. The number of hydrogen-bond acceptors (Lipinski definition) is 3. The topological polar surface area (TPSA) is 26.9 Å². The van der Waals surface area contributed by atoms with Gasteiger partial charge >= 0.3 is 0 Å². The fraction of sp³-hybridized carbons (Fsp3) is 0.308. The van der Waals surface area contributed by atoms with Gasteiger partial charge in [-0.15, -0.1) is 11.7 Å². The van der Waals surface area contributed by atoms with Crippen LogP contribution in [0.25, 0.3) is 0 Å². The lowest BCUT2D eigenvalue weighted by Gasteiger charge is -2.11. The minimum atomic E-state index is 0.0400. The van der Waals surface area contributed by atoms with Crippen molar-refractivity contribution in [2.75, 3.05) is 0 Å². The van der Waals surface area contributed by atoms with E-state index in [1.807, 2.05) is 48.9 Å². The summed E-state index contributed by atoms with van der Waals surface area (Å²) in [5.74, 6) is 0. The highest BCUT2D eigenvalue weighted by Gasteiger charge is 2.15. The number of aromatic nitrogens is 2. The molecule has 1 heterocycles. The Hall–Kier alpha value is -1.07. The minimum absolute atomic E-state index is 0.0400. The van der Waals surface area contributed by atoms with Gasteiger partial charge in [-0.2, -0.15) is 0 Å². The number of rotatable bonds is 4. The molecule has 2 rings (SSSR count). The molecule has 0 N–H and O–H groups in total. The van der Waals surface area contributed by atoms with Gasteiger partial charge in [0.15, 0.2) is 0 Å². The highest BCUT2D eigenvalue weighted by Crippen LogP contribution is 2.22. The van der Waals surface area contributed by atoms with Gasteiger partial charge < -0.3 is 0 Å². The van der Waals surface area contributed by atoms with Crippen LogP contribution in [0.5, 0.6) is 0 Å². The fourth-order valence-electron chi connectivity index (χ4n) is 2.11. The quantitative estimate of drug-likeness (QED) is 0.688. The van der Waals surface area contributed by atoms with E-state index in [1.165, 1.54) is 10.8 Å². The molecule has 0 spiro atoms. The first-order chi connectivity index (χ1) is 8.69. The molecule has 18 heavy (non-hydrogen) atoms. The lowest BCUT2D eigenvalue weighted by molar-refractivity contribution is 0.480. The van der Waals surface area contributed by atoms with Gasteiger partial charge in [0.25, 0.3) is 5.56 Å². The zero-order chi connectivity index (χ0) is 13.1. The smallest absolute Gasteiger partial charge is 0.281 e. The van der Waals surface area contributed by atoms with Gasteiger partial charge in [0.2, 0.25) is 0 Å². The minimum Gasteiger partial charge on any atom is -0.286 e. The van der Waals surface area contributed by atoms with Crippen molar-refractivity contribution in [2.45, 2.75) is 31.8 Å². The molecule has 0 aliphatic rings. The van der Waals surface area contributed by atoms with Crippen LogP contribution >= 0.6 is 22.5 Å². The second kappa shape index (κ2) is 5.71. The predicted octanol–water partition coefficient (Wildman–Crippen LogP) is 2.96. The molecule has 1 aromatic carbocycles. The largest absolute Gasteiger partial charge is 0.286 e. The van der Waals surface area contributed by atoms with Gasteiger partial charge in [-0.3, -0.25) is 9.48 Å². The Kier molecular flexibility index (Phi) is 4.24. The van der Waals surface area contributed by atoms with Crippen molar-refractivity contribution in [1.82, 2.24) is 9.36 Å². The summed E-state index contributed by atoms with van der Waals surface area (Å²) in [5.41, 5.74) is 2.15. The van der Waals surface area contributed by atoms with Crippen LogP contribution in [0.15, 0.2) is 40.0 Å². The Balaban J connectivity index is 2.48. The summed E-state index contributed by atoms with van der Waals surface area (Å²) in [7, 11) is 1.22. The van der Waals surface area contributed by atoms with E-state index in [1.54, 1.807) is 4.68 Å². The highest BCUT2D eigenvalue weighted by atomic mass is 33.1. The maximum atomic E-state index is 12.3. The number of thiol groups is 1. The Morgan fingerprint density at radius 1 is 1.22 bits per heavy atom.